The topological polar surface area (TPSA) is 93.2 Å². The van der Waals surface area contributed by atoms with E-state index in [2.05, 4.69) is 69.6 Å². The summed E-state index contributed by atoms with van der Waals surface area (Å²) in [5, 5.41) is 31.9. The summed E-state index contributed by atoms with van der Waals surface area (Å²) in [6.07, 6.45) is 2.76. The number of aromatic hydroxyl groups is 1. The molecule has 2 N–H and O–H groups in total. The Morgan fingerprint density at radius 3 is 2.22 bits per heavy atom. The zero-order chi connectivity index (χ0) is 44.2. The largest absolute Gasteiger partial charge is 0.508 e. The van der Waals surface area contributed by atoms with Crippen LogP contribution >= 0.6 is 11.3 Å². The highest BCUT2D eigenvalue weighted by Gasteiger charge is 2.59. The molecule has 9 nitrogen and oxygen atoms in total. The van der Waals surface area contributed by atoms with Gasteiger partial charge in [0.25, 0.3) is 0 Å². The Kier molecular flexibility index (Phi) is 9.86. The molecule has 11 rings (SSSR count). The highest BCUT2D eigenvalue weighted by atomic mass is 32.1. The van der Waals surface area contributed by atoms with Crippen molar-refractivity contribution in [3.05, 3.63) is 152 Å². The highest BCUT2D eigenvalue weighted by molar-refractivity contribution is 7.15. The molecule has 3 fully saturated rings. The molecule has 2 aliphatic carbocycles. The highest BCUT2D eigenvalue weighted by Crippen LogP contribution is 2.55. The minimum Gasteiger partial charge on any atom is -0.508 e. The van der Waals surface area contributed by atoms with Crippen molar-refractivity contribution in [1.29, 1.82) is 0 Å². The van der Waals surface area contributed by atoms with Gasteiger partial charge < -0.3 is 20.0 Å². The van der Waals surface area contributed by atoms with Gasteiger partial charge in [0.05, 0.1) is 11.3 Å². The van der Waals surface area contributed by atoms with Crippen LogP contribution in [0.3, 0.4) is 0 Å². The van der Waals surface area contributed by atoms with Crippen molar-refractivity contribution in [2.24, 2.45) is 10.4 Å². The molecule has 3 aliphatic heterocycles. The maximum atomic E-state index is 16.4. The molecule has 2 saturated heterocycles. The van der Waals surface area contributed by atoms with E-state index in [1.165, 1.54) is 40.4 Å². The number of hydrogen-bond acceptors (Lipinski definition) is 9. The van der Waals surface area contributed by atoms with Gasteiger partial charge in [-0.1, -0.05) is 30.3 Å². The van der Waals surface area contributed by atoms with E-state index >= 15 is 8.78 Å². The van der Waals surface area contributed by atoms with E-state index in [1.54, 1.807) is 41.7 Å². The lowest BCUT2D eigenvalue weighted by Crippen LogP contribution is -2.70. The molecule has 0 amide bonds. The number of aryl methyl sites for hydroxylation is 3. The van der Waals surface area contributed by atoms with Gasteiger partial charge >= 0.3 is 0 Å². The van der Waals surface area contributed by atoms with Gasteiger partial charge in [0, 0.05) is 90.1 Å². The van der Waals surface area contributed by atoms with Crippen molar-refractivity contribution in [3.63, 3.8) is 0 Å². The van der Waals surface area contributed by atoms with E-state index in [-0.39, 0.29) is 34.5 Å². The lowest BCUT2D eigenvalue weighted by Gasteiger charge is -2.63. The molecule has 5 aliphatic rings. The summed E-state index contributed by atoms with van der Waals surface area (Å²) in [4.78, 5) is 13.2. The van der Waals surface area contributed by atoms with Gasteiger partial charge in [-0.25, -0.2) is 13.2 Å². The second-order valence-corrected chi connectivity index (χ2v) is 20.4. The first-order valence-electron chi connectivity index (χ1n) is 22.5. The number of β-amino-alcohol motifs (C(OH)–C–C–N with tert-alkyl or cyclic N) is 1. The summed E-state index contributed by atoms with van der Waals surface area (Å²) >= 11 is 1.77. The number of piperazine rings is 1. The van der Waals surface area contributed by atoms with Crippen LogP contribution < -0.4 is 9.80 Å². The van der Waals surface area contributed by atoms with Crippen molar-refractivity contribution in [3.8, 4) is 10.8 Å². The first-order chi connectivity index (χ1) is 30.7. The zero-order valence-electron chi connectivity index (χ0n) is 36.6. The third-order valence-electron chi connectivity index (χ3n) is 14.8. The van der Waals surface area contributed by atoms with E-state index in [4.69, 9.17) is 4.99 Å². The van der Waals surface area contributed by atoms with Crippen LogP contribution in [0.25, 0.3) is 5.00 Å². The Morgan fingerprint density at radius 2 is 1.52 bits per heavy atom. The number of thiophene rings is 1. The molecule has 13 heteroatoms. The van der Waals surface area contributed by atoms with Crippen molar-refractivity contribution >= 4 is 28.4 Å². The van der Waals surface area contributed by atoms with Crippen LogP contribution in [0.2, 0.25) is 0 Å². The van der Waals surface area contributed by atoms with Crippen molar-refractivity contribution in [1.82, 2.24) is 19.7 Å². The first-order valence-corrected chi connectivity index (χ1v) is 23.3. The third-order valence-corrected chi connectivity index (χ3v) is 16.0. The maximum Gasteiger partial charge on any atom is 0.162 e. The molecule has 0 radical (unpaired) electrons. The number of anilines is 2. The van der Waals surface area contributed by atoms with Gasteiger partial charge in [-0.2, -0.15) is 0 Å². The van der Waals surface area contributed by atoms with E-state index in [1.807, 2.05) is 11.8 Å². The predicted octanol–water partition coefficient (Wildman–Crippen LogP) is 9.30. The normalized spacial score (nSPS) is 22.2. The zero-order valence-corrected chi connectivity index (χ0v) is 37.4. The Hall–Kier alpha value is -5.50. The second-order valence-electron chi connectivity index (χ2n) is 19.2. The van der Waals surface area contributed by atoms with Crippen LogP contribution in [0.1, 0.15) is 99.5 Å². The molecule has 6 aromatic rings. The molecule has 0 bridgehead atoms. The number of rotatable bonds is 7. The first kappa shape index (κ1) is 41.2. The number of aromatic nitrogens is 3. The molecule has 1 saturated carbocycles. The maximum absolute atomic E-state index is 16.4. The van der Waals surface area contributed by atoms with E-state index in [9.17, 15) is 14.6 Å². The van der Waals surface area contributed by atoms with Gasteiger partial charge in [-0.05, 0) is 130 Å². The molecule has 64 heavy (non-hydrogen) atoms. The van der Waals surface area contributed by atoms with E-state index in [0.717, 1.165) is 76.1 Å². The van der Waals surface area contributed by atoms with Gasteiger partial charge in [0.15, 0.2) is 5.82 Å². The Bertz CT molecular complexity index is 2790. The number of hydrogen-bond donors (Lipinski definition) is 2. The number of aliphatic imine (C=N–C) groups is 1. The van der Waals surface area contributed by atoms with Gasteiger partial charge in [-0.15, -0.1) is 21.5 Å². The Balaban J connectivity index is 0.717. The summed E-state index contributed by atoms with van der Waals surface area (Å²) in [5.41, 5.74) is 7.96. The summed E-state index contributed by atoms with van der Waals surface area (Å²) in [5.74, 6) is -0.628. The number of nitrogens with zero attached hydrogens (tertiary/aromatic N) is 7. The summed E-state index contributed by atoms with van der Waals surface area (Å²) in [6.45, 7) is 13.4. The standard InChI is InChI=1S/C51H52F3N7O2S/c1-29-31(3)64-49-44(29)47(55-30(2)48-57-56-32(4)61(48)49)34-7-12-37(13-8-34)60-26-50(27-60)24-51(63,25-50)28-58-17-19-59(20-18-58)38-22-42(53)46(43(54)23-38)45-40(33-5-10-36(52)11-6-33)15-9-35-21-39(62)14-16-41(35)45/h5-8,10-14,16,21-23,30,40,45,62-63H,9,15,17-20,24-28H2,1-4H3/t30-,40?,45?/m0/s1. The lowest BCUT2D eigenvalue weighted by atomic mass is 9.55. The summed E-state index contributed by atoms with van der Waals surface area (Å²) in [6, 6.07) is 22.7. The van der Waals surface area contributed by atoms with Crippen molar-refractivity contribution < 1.29 is 23.4 Å². The molecule has 1 spiro atoms. The van der Waals surface area contributed by atoms with Crippen molar-refractivity contribution in [2.75, 3.05) is 55.6 Å². The lowest BCUT2D eigenvalue weighted by molar-refractivity contribution is -0.152. The summed E-state index contributed by atoms with van der Waals surface area (Å²) in [7, 11) is 0. The fourth-order valence-corrected chi connectivity index (χ4v) is 13.0. The average Bonchev–Trinajstić information content (AvgIpc) is 3.74. The predicted molar refractivity (Wildman–Crippen MR) is 245 cm³/mol. The van der Waals surface area contributed by atoms with Crippen molar-refractivity contribution in [2.45, 2.75) is 76.9 Å². The van der Waals surface area contributed by atoms with Gasteiger partial charge in [0.2, 0.25) is 0 Å². The molecule has 2 aromatic heterocycles. The quantitative estimate of drug-likeness (QED) is 0.165. The smallest absolute Gasteiger partial charge is 0.162 e. The summed E-state index contributed by atoms with van der Waals surface area (Å²) < 4.78 is 48.8. The molecule has 4 aromatic carbocycles. The minimum absolute atomic E-state index is 0.000469. The van der Waals surface area contributed by atoms with Crippen LogP contribution in [-0.4, -0.2) is 87.0 Å². The molecule has 3 atom stereocenters. The Labute approximate surface area is 375 Å². The number of aliphatic hydroxyl groups is 1. The fourth-order valence-electron chi connectivity index (χ4n) is 11.8. The van der Waals surface area contributed by atoms with Crippen LogP contribution in [-0.2, 0) is 6.42 Å². The van der Waals surface area contributed by atoms with Gasteiger partial charge in [-0.3, -0.25) is 14.5 Å². The minimum atomic E-state index is -0.754. The fraction of sp³-hybridized carbons (Fsp3) is 0.392. The van der Waals surface area contributed by atoms with E-state index in [0.29, 0.717) is 51.3 Å². The SMILES string of the molecule is Cc1sc2c(c1C)C(c1ccc(N3CC4(C3)CC(O)(CN3CCN(c5cc(F)c(C6c7ccc(O)cc7CCC6c6ccc(F)cc6)c(F)c5)CC3)C4)cc1)=N[C@@H](C)c1nnc(C)n1-2. The van der Waals surface area contributed by atoms with Crippen LogP contribution in [0, 0.1) is 43.6 Å². The number of fused-ring (bicyclic) bond motifs is 4. The average molecular weight is 884 g/mol. The molecular weight excluding hydrogens is 832 g/mol. The molecular formula is C51H52F3N7O2S. The number of benzene rings is 4. The van der Waals surface area contributed by atoms with Gasteiger partial charge in [0.1, 0.15) is 40.1 Å². The van der Waals surface area contributed by atoms with Crippen LogP contribution in [0.15, 0.2) is 83.9 Å². The molecule has 2 unspecified atom stereocenters. The molecule has 330 valence electrons. The third kappa shape index (κ3) is 6.93. The van der Waals surface area contributed by atoms with Crippen LogP contribution in [0.4, 0.5) is 24.5 Å². The number of halogens is 3. The van der Waals surface area contributed by atoms with Crippen LogP contribution in [0.5, 0.6) is 5.75 Å². The molecule has 5 heterocycles. The second kappa shape index (κ2) is 15.3. The monoisotopic (exact) mass is 883 g/mol. The Morgan fingerprint density at radius 1 is 0.812 bits per heavy atom. The number of phenolic OH excluding ortho intramolecular Hbond substituents is 1. The van der Waals surface area contributed by atoms with E-state index < -0.39 is 23.2 Å². The number of phenols is 1.